The van der Waals surface area contributed by atoms with Crippen LogP contribution in [0.25, 0.3) is 5.65 Å². The van der Waals surface area contributed by atoms with Gasteiger partial charge in [0.1, 0.15) is 11.6 Å². The number of nitrogen functional groups attached to an aromatic ring is 1. The molecule has 2 aromatic rings. The zero-order valence-corrected chi connectivity index (χ0v) is 9.76. The largest absolute Gasteiger partial charge is 0.385 e. The first-order valence-electron chi connectivity index (χ1n) is 6.16. The van der Waals surface area contributed by atoms with Gasteiger partial charge in [-0.25, -0.2) is 0 Å². The SMILES string of the molecule is Nc1cccc2nnc(CC3CCCCN3)n12. The van der Waals surface area contributed by atoms with Crippen molar-refractivity contribution in [3.05, 3.63) is 24.0 Å². The van der Waals surface area contributed by atoms with Crippen LogP contribution in [0.5, 0.6) is 0 Å². The van der Waals surface area contributed by atoms with Crippen LogP contribution in [0.4, 0.5) is 5.82 Å². The Morgan fingerprint density at radius 2 is 2.29 bits per heavy atom. The number of fused-ring (bicyclic) bond motifs is 1. The first-order chi connectivity index (χ1) is 8.34. The van der Waals surface area contributed by atoms with Gasteiger partial charge in [0, 0.05) is 12.5 Å². The minimum Gasteiger partial charge on any atom is -0.385 e. The summed E-state index contributed by atoms with van der Waals surface area (Å²) in [5.41, 5.74) is 6.80. The lowest BCUT2D eigenvalue weighted by atomic mass is 10.0. The average molecular weight is 231 g/mol. The number of anilines is 1. The van der Waals surface area contributed by atoms with E-state index in [0.717, 1.165) is 24.4 Å². The van der Waals surface area contributed by atoms with Gasteiger partial charge < -0.3 is 11.1 Å². The summed E-state index contributed by atoms with van der Waals surface area (Å²) < 4.78 is 1.94. The predicted molar refractivity (Wildman–Crippen MR) is 66.7 cm³/mol. The molecule has 0 spiro atoms. The van der Waals surface area contributed by atoms with E-state index in [1.165, 1.54) is 19.3 Å². The van der Waals surface area contributed by atoms with Gasteiger partial charge >= 0.3 is 0 Å². The zero-order chi connectivity index (χ0) is 11.7. The highest BCUT2D eigenvalue weighted by Gasteiger charge is 2.16. The number of rotatable bonds is 2. The summed E-state index contributed by atoms with van der Waals surface area (Å²) in [7, 11) is 0. The number of aromatic nitrogens is 3. The molecule has 5 heteroatoms. The zero-order valence-electron chi connectivity index (χ0n) is 9.76. The van der Waals surface area contributed by atoms with Gasteiger partial charge in [-0.1, -0.05) is 12.5 Å². The molecule has 3 N–H and O–H groups in total. The molecule has 1 aliphatic rings. The molecule has 17 heavy (non-hydrogen) atoms. The highest BCUT2D eigenvalue weighted by Crippen LogP contribution is 2.15. The van der Waals surface area contributed by atoms with E-state index in [0.29, 0.717) is 11.9 Å². The topological polar surface area (TPSA) is 68.2 Å². The summed E-state index contributed by atoms with van der Waals surface area (Å²) in [6.07, 6.45) is 4.68. The minimum absolute atomic E-state index is 0.510. The standard InChI is InChI=1S/C12H17N5/c13-10-5-3-6-11-15-16-12(17(10)11)8-9-4-1-2-7-14-9/h3,5-6,9,14H,1-2,4,7-8,13H2. The molecular weight excluding hydrogens is 214 g/mol. The third kappa shape index (κ3) is 1.98. The van der Waals surface area contributed by atoms with Crippen molar-refractivity contribution in [3.63, 3.8) is 0 Å². The second-order valence-corrected chi connectivity index (χ2v) is 4.61. The van der Waals surface area contributed by atoms with E-state index >= 15 is 0 Å². The Morgan fingerprint density at radius 3 is 3.12 bits per heavy atom. The van der Waals surface area contributed by atoms with Gasteiger partial charge in [0.25, 0.3) is 0 Å². The Morgan fingerprint density at radius 1 is 1.35 bits per heavy atom. The van der Waals surface area contributed by atoms with Crippen molar-refractivity contribution < 1.29 is 0 Å². The molecule has 1 unspecified atom stereocenters. The second kappa shape index (κ2) is 4.33. The van der Waals surface area contributed by atoms with Gasteiger partial charge in [0.15, 0.2) is 5.65 Å². The summed E-state index contributed by atoms with van der Waals surface area (Å²) in [6.45, 7) is 1.11. The molecule has 0 amide bonds. The lowest BCUT2D eigenvalue weighted by Gasteiger charge is -2.22. The van der Waals surface area contributed by atoms with E-state index in [1.54, 1.807) is 0 Å². The fourth-order valence-electron chi connectivity index (χ4n) is 2.48. The molecule has 0 bridgehead atoms. The van der Waals surface area contributed by atoms with Crippen molar-refractivity contribution in [3.8, 4) is 0 Å². The van der Waals surface area contributed by atoms with E-state index < -0.39 is 0 Å². The summed E-state index contributed by atoms with van der Waals surface area (Å²) in [6, 6.07) is 6.23. The van der Waals surface area contributed by atoms with Crippen LogP contribution in [-0.2, 0) is 6.42 Å². The van der Waals surface area contributed by atoms with Crippen LogP contribution >= 0.6 is 0 Å². The lowest BCUT2D eigenvalue weighted by molar-refractivity contribution is 0.393. The Kier molecular flexibility index (Phi) is 2.68. The maximum Gasteiger partial charge on any atom is 0.162 e. The summed E-state index contributed by atoms with van der Waals surface area (Å²) in [5, 5.41) is 11.9. The first kappa shape index (κ1) is 10.5. The average Bonchev–Trinajstić information content (AvgIpc) is 2.75. The highest BCUT2D eigenvalue weighted by atomic mass is 15.3. The smallest absolute Gasteiger partial charge is 0.162 e. The molecular formula is C12H17N5. The van der Waals surface area contributed by atoms with Crippen molar-refractivity contribution in [2.75, 3.05) is 12.3 Å². The Balaban J connectivity index is 1.89. The van der Waals surface area contributed by atoms with E-state index in [2.05, 4.69) is 15.5 Å². The summed E-state index contributed by atoms with van der Waals surface area (Å²) >= 11 is 0. The Labute approximate surface area is 100 Å². The van der Waals surface area contributed by atoms with E-state index in [1.807, 2.05) is 22.6 Å². The molecule has 3 rings (SSSR count). The predicted octanol–water partition coefficient (Wildman–Crippen LogP) is 0.996. The molecule has 0 aromatic carbocycles. The maximum absolute atomic E-state index is 5.97. The molecule has 1 atom stereocenters. The van der Waals surface area contributed by atoms with E-state index in [4.69, 9.17) is 5.73 Å². The number of pyridine rings is 1. The quantitative estimate of drug-likeness (QED) is 0.809. The van der Waals surface area contributed by atoms with Gasteiger partial charge in [-0.15, -0.1) is 10.2 Å². The summed E-state index contributed by atoms with van der Waals surface area (Å²) in [4.78, 5) is 0. The van der Waals surface area contributed by atoms with E-state index in [-0.39, 0.29) is 0 Å². The van der Waals surface area contributed by atoms with Crippen LogP contribution in [-0.4, -0.2) is 27.2 Å². The molecule has 3 heterocycles. The van der Waals surface area contributed by atoms with Crippen molar-refractivity contribution in [2.24, 2.45) is 0 Å². The van der Waals surface area contributed by atoms with E-state index in [9.17, 15) is 0 Å². The van der Waals surface area contributed by atoms with Gasteiger partial charge in [-0.2, -0.15) is 0 Å². The third-order valence-electron chi connectivity index (χ3n) is 3.37. The fraction of sp³-hybridized carbons (Fsp3) is 0.500. The van der Waals surface area contributed by atoms with Gasteiger partial charge in [-0.3, -0.25) is 4.40 Å². The van der Waals surface area contributed by atoms with Crippen molar-refractivity contribution in [1.29, 1.82) is 0 Å². The number of nitrogens with one attached hydrogen (secondary N) is 1. The molecule has 1 aliphatic heterocycles. The normalized spacial score (nSPS) is 20.8. The number of nitrogens with two attached hydrogens (primary N) is 1. The monoisotopic (exact) mass is 231 g/mol. The Bertz CT molecular complexity index is 513. The van der Waals surface area contributed by atoms with Crippen molar-refractivity contribution in [2.45, 2.75) is 31.7 Å². The molecule has 1 fully saturated rings. The lowest BCUT2D eigenvalue weighted by Crippen LogP contribution is -2.36. The number of hydrogen-bond acceptors (Lipinski definition) is 4. The van der Waals surface area contributed by atoms with Crippen LogP contribution in [0, 0.1) is 0 Å². The third-order valence-corrected chi connectivity index (χ3v) is 3.37. The van der Waals surface area contributed by atoms with Crippen LogP contribution in [0.1, 0.15) is 25.1 Å². The maximum atomic E-state index is 5.97. The minimum atomic E-state index is 0.510. The molecule has 0 radical (unpaired) electrons. The molecule has 90 valence electrons. The first-order valence-corrected chi connectivity index (χ1v) is 6.16. The molecule has 5 nitrogen and oxygen atoms in total. The molecule has 1 saturated heterocycles. The van der Waals surface area contributed by atoms with Gasteiger partial charge in [0.05, 0.1) is 0 Å². The highest BCUT2D eigenvalue weighted by molar-refractivity contribution is 5.47. The van der Waals surface area contributed by atoms with Gasteiger partial charge in [0.2, 0.25) is 0 Å². The Hall–Kier alpha value is -1.62. The molecule has 2 aromatic heterocycles. The van der Waals surface area contributed by atoms with Crippen LogP contribution in [0.15, 0.2) is 18.2 Å². The summed E-state index contributed by atoms with van der Waals surface area (Å²) in [5.74, 6) is 1.66. The van der Waals surface area contributed by atoms with Crippen LogP contribution in [0.2, 0.25) is 0 Å². The van der Waals surface area contributed by atoms with Crippen molar-refractivity contribution in [1.82, 2.24) is 19.9 Å². The van der Waals surface area contributed by atoms with Crippen LogP contribution < -0.4 is 11.1 Å². The number of hydrogen-bond donors (Lipinski definition) is 2. The number of nitrogens with zero attached hydrogens (tertiary/aromatic N) is 3. The van der Waals surface area contributed by atoms with Crippen molar-refractivity contribution >= 4 is 11.5 Å². The van der Waals surface area contributed by atoms with Gasteiger partial charge in [-0.05, 0) is 31.5 Å². The second-order valence-electron chi connectivity index (χ2n) is 4.61. The molecule has 0 saturated carbocycles. The van der Waals surface area contributed by atoms with Crippen LogP contribution in [0.3, 0.4) is 0 Å². The number of piperidine rings is 1. The fourth-order valence-corrected chi connectivity index (χ4v) is 2.48. The molecule has 0 aliphatic carbocycles.